The molecule has 1 aliphatic rings. The van der Waals surface area contributed by atoms with Gasteiger partial charge in [0.05, 0.1) is 11.7 Å². The fraction of sp³-hybridized carbons (Fsp3) is 0.545. The summed E-state index contributed by atoms with van der Waals surface area (Å²) in [7, 11) is 0. The highest BCUT2D eigenvalue weighted by atomic mass is 35.5. The predicted molar refractivity (Wildman–Crippen MR) is 68.7 cm³/mol. The third-order valence-electron chi connectivity index (χ3n) is 2.82. The molecule has 1 aliphatic heterocycles. The third kappa shape index (κ3) is 3.42. The van der Waals surface area contributed by atoms with Crippen LogP contribution >= 0.6 is 22.9 Å². The minimum absolute atomic E-state index is 0.129. The second-order valence-electron chi connectivity index (χ2n) is 4.11. The molecule has 17 heavy (non-hydrogen) atoms. The average molecular weight is 275 g/mol. The number of hydrogen-bond donors (Lipinski definition) is 2. The molecule has 0 aliphatic carbocycles. The zero-order valence-electron chi connectivity index (χ0n) is 9.36. The summed E-state index contributed by atoms with van der Waals surface area (Å²) in [4.78, 5) is 13.8. The lowest BCUT2D eigenvalue weighted by molar-refractivity contribution is 0.0949. The van der Waals surface area contributed by atoms with Gasteiger partial charge in [-0.05, 0) is 17.9 Å². The SMILES string of the molecule is O=C(NCCN1CCC(O)C1)c1ccsc1Cl. The largest absolute Gasteiger partial charge is 0.392 e. The van der Waals surface area contributed by atoms with Crippen LogP contribution in [0.1, 0.15) is 16.8 Å². The van der Waals surface area contributed by atoms with Gasteiger partial charge in [-0.1, -0.05) is 11.6 Å². The fourth-order valence-electron chi connectivity index (χ4n) is 1.89. The number of aliphatic hydroxyl groups is 1. The quantitative estimate of drug-likeness (QED) is 0.867. The number of carbonyl (C=O) groups excluding carboxylic acids is 1. The standard InChI is InChI=1S/C11H15ClN2O2S/c12-10-9(2-6-17-10)11(16)13-3-5-14-4-1-8(15)7-14/h2,6,8,15H,1,3-5,7H2,(H,13,16). The predicted octanol–water partition coefficient (Wildman–Crippen LogP) is 1.20. The van der Waals surface area contributed by atoms with E-state index in [-0.39, 0.29) is 12.0 Å². The Morgan fingerprint density at radius 3 is 3.12 bits per heavy atom. The first-order valence-corrected chi connectivity index (χ1v) is 6.84. The van der Waals surface area contributed by atoms with Gasteiger partial charge in [-0.2, -0.15) is 0 Å². The smallest absolute Gasteiger partial charge is 0.253 e. The second kappa shape index (κ2) is 5.82. The number of thiophene rings is 1. The highest BCUT2D eigenvalue weighted by Crippen LogP contribution is 2.22. The van der Waals surface area contributed by atoms with E-state index in [2.05, 4.69) is 10.2 Å². The Balaban J connectivity index is 1.72. The summed E-state index contributed by atoms with van der Waals surface area (Å²) in [5.74, 6) is -0.129. The van der Waals surface area contributed by atoms with E-state index in [1.165, 1.54) is 11.3 Å². The lowest BCUT2D eigenvalue weighted by atomic mass is 10.3. The van der Waals surface area contributed by atoms with E-state index in [4.69, 9.17) is 11.6 Å². The zero-order chi connectivity index (χ0) is 12.3. The van der Waals surface area contributed by atoms with Crippen molar-refractivity contribution < 1.29 is 9.90 Å². The molecule has 0 aromatic carbocycles. The molecule has 1 fully saturated rings. The number of β-amino-alcohol motifs (C(OH)–C–C–N with tert-alkyl or cyclic N) is 1. The van der Waals surface area contributed by atoms with Gasteiger partial charge in [0, 0.05) is 26.2 Å². The number of halogens is 1. The van der Waals surface area contributed by atoms with E-state index in [1.54, 1.807) is 11.4 Å². The number of likely N-dealkylation sites (tertiary alicyclic amines) is 1. The van der Waals surface area contributed by atoms with Crippen LogP contribution < -0.4 is 5.32 Å². The number of amides is 1. The Morgan fingerprint density at radius 1 is 1.71 bits per heavy atom. The number of aliphatic hydroxyl groups excluding tert-OH is 1. The molecule has 0 saturated carbocycles. The summed E-state index contributed by atoms with van der Waals surface area (Å²) in [5, 5.41) is 14.0. The van der Waals surface area contributed by atoms with Gasteiger partial charge < -0.3 is 10.4 Å². The minimum Gasteiger partial charge on any atom is -0.392 e. The molecule has 2 N–H and O–H groups in total. The molecular weight excluding hydrogens is 260 g/mol. The minimum atomic E-state index is -0.211. The summed E-state index contributed by atoms with van der Waals surface area (Å²) in [6.07, 6.45) is 0.613. The van der Waals surface area contributed by atoms with E-state index >= 15 is 0 Å². The van der Waals surface area contributed by atoms with Crippen molar-refractivity contribution in [2.45, 2.75) is 12.5 Å². The number of nitrogens with one attached hydrogen (secondary N) is 1. The van der Waals surface area contributed by atoms with E-state index in [0.29, 0.717) is 23.0 Å². The van der Waals surface area contributed by atoms with Crippen LogP contribution in [0.5, 0.6) is 0 Å². The zero-order valence-corrected chi connectivity index (χ0v) is 10.9. The van der Waals surface area contributed by atoms with Gasteiger partial charge in [-0.3, -0.25) is 9.69 Å². The van der Waals surface area contributed by atoms with Crippen molar-refractivity contribution in [2.24, 2.45) is 0 Å². The third-order valence-corrected chi connectivity index (χ3v) is 3.99. The normalized spacial score (nSPS) is 20.7. The van der Waals surface area contributed by atoms with Crippen molar-refractivity contribution in [2.75, 3.05) is 26.2 Å². The Morgan fingerprint density at radius 2 is 2.53 bits per heavy atom. The van der Waals surface area contributed by atoms with E-state index in [9.17, 15) is 9.90 Å². The Hall–Kier alpha value is -0.620. The van der Waals surface area contributed by atoms with Crippen LogP contribution in [0.3, 0.4) is 0 Å². The molecular formula is C11H15ClN2O2S. The van der Waals surface area contributed by atoms with Gasteiger partial charge in [-0.25, -0.2) is 0 Å². The first-order valence-electron chi connectivity index (χ1n) is 5.58. The first-order chi connectivity index (χ1) is 8.16. The first kappa shape index (κ1) is 12.8. The maximum absolute atomic E-state index is 11.7. The summed E-state index contributed by atoms with van der Waals surface area (Å²) < 4.78 is 0.527. The lowest BCUT2D eigenvalue weighted by Gasteiger charge is -2.14. The van der Waals surface area contributed by atoms with Crippen molar-refractivity contribution >= 4 is 28.8 Å². The van der Waals surface area contributed by atoms with Gasteiger partial charge >= 0.3 is 0 Å². The molecule has 0 radical (unpaired) electrons. The molecule has 1 amide bonds. The summed E-state index contributed by atoms with van der Waals surface area (Å²) >= 11 is 7.23. The van der Waals surface area contributed by atoms with Crippen LogP contribution in [0.25, 0.3) is 0 Å². The van der Waals surface area contributed by atoms with Crippen LogP contribution in [-0.4, -0.2) is 48.2 Å². The fourth-order valence-corrected chi connectivity index (χ4v) is 2.81. The van der Waals surface area contributed by atoms with Crippen molar-refractivity contribution in [1.29, 1.82) is 0 Å². The van der Waals surface area contributed by atoms with Gasteiger partial charge in [0.25, 0.3) is 5.91 Å². The van der Waals surface area contributed by atoms with Gasteiger partial charge in [0.15, 0.2) is 0 Å². The summed E-state index contributed by atoms with van der Waals surface area (Å²) in [5.41, 5.74) is 0.540. The van der Waals surface area contributed by atoms with Gasteiger partial charge in [0.1, 0.15) is 4.34 Å². The highest BCUT2D eigenvalue weighted by molar-refractivity contribution is 7.14. The van der Waals surface area contributed by atoms with Gasteiger partial charge in [-0.15, -0.1) is 11.3 Å². The Bertz CT molecular complexity index is 397. The van der Waals surface area contributed by atoms with E-state index in [0.717, 1.165) is 19.5 Å². The topological polar surface area (TPSA) is 52.6 Å². The molecule has 1 aromatic rings. The van der Waals surface area contributed by atoms with Crippen LogP contribution in [-0.2, 0) is 0 Å². The van der Waals surface area contributed by atoms with Crippen LogP contribution in [0.15, 0.2) is 11.4 Å². The summed E-state index contributed by atoms with van der Waals surface area (Å²) in [6, 6.07) is 1.72. The van der Waals surface area contributed by atoms with Crippen molar-refractivity contribution in [3.8, 4) is 0 Å². The number of hydrogen-bond acceptors (Lipinski definition) is 4. The molecule has 1 atom stereocenters. The molecule has 1 saturated heterocycles. The molecule has 1 aromatic heterocycles. The molecule has 94 valence electrons. The number of rotatable bonds is 4. The Kier molecular flexibility index (Phi) is 4.39. The molecule has 0 spiro atoms. The van der Waals surface area contributed by atoms with Crippen molar-refractivity contribution in [3.05, 3.63) is 21.3 Å². The monoisotopic (exact) mass is 274 g/mol. The number of carbonyl (C=O) groups is 1. The van der Waals surface area contributed by atoms with E-state index < -0.39 is 0 Å². The molecule has 2 heterocycles. The second-order valence-corrected chi connectivity index (χ2v) is 5.63. The molecule has 2 rings (SSSR count). The molecule has 1 unspecified atom stereocenters. The average Bonchev–Trinajstić information content (AvgIpc) is 2.87. The van der Waals surface area contributed by atoms with E-state index in [1.807, 2.05) is 0 Å². The highest BCUT2D eigenvalue weighted by Gasteiger charge is 2.19. The molecule has 4 nitrogen and oxygen atoms in total. The van der Waals surface area contributed by atoms with Gasteiger partial charge in [0.2, 0.25) is 0 Å². The summed E-state index contributed by atoms with van der Waals surface area (Å²) in [6.45, 7) is 2.95. The van der Waals surface area contributed by atoms with Crippen molar-refractivity contribution in [3.63, 3.8) is 0 Å². The Labute approximate surface area is 109 Å². The number of nitrogens with zero attached hydrogens (tertiary/aromatic N) is 1. The van der Waals surface area contributed by atoms with Crippen molar-refractivity contribution in [1.82, 2.24) is 10.2 Å². The van der Waals surface area contributed by atoms with Crippen LogP contribution in [0.4, 0.5) is 0 Å². The van der Waals surface area contributed by atoms with Crippen LogP contribution in [0, 0.1) is 0 Å². The molecule has 0 bridgehead atoms. The van der Waals surface area contributed by atoms with Crippen LogP contribution in [0.2, 0.25) is 4.34 Å². The maximum Gasteiger partial charge on any atom is 0.253 e. The molecule has 6 heteroatoms. The lowest BCUT2D eigenvalue weighted by Crippen LogP contribution is -2.34. The maximum atomic E-state index is 11.7.